The monoisotopic (exact) mass is 332 g/mol. The second-order valence-electron chi connectivity index (χ2n) is 5.45. The van der Waals surface area contributed by atoms with Gasteiger partial charge in [0.15, 0.2) is 0 Å². The topological polar surface area (TPSA) is 51.7 Å². The van der Waals surface area contributed by atoms with Crippen LogP contribution in [0.25, 0.3) is 0 Å². The zero-order valence-electron chi connectivity index (χ0n) is 13.0. The molecule has 0 radical (unpaired) electrons. The van der Waals surface area contributed by atoms with Gasteiger partial charge in [0.1, 0.15) is 22.6 Å². The summed E-state index contributed by atoms with van der Waals surface area (Å²) in [5.41, 5.74) is 1.46. The fraction of sp³-hybridized carbons (Fsp3) is 0.294. The number of ether oxygens (including phenoxy) is 2. The summed E-state index contributed by atoms with van der Waals surface area (Å²) in [6.45, 7) is 2.89. The smallest absolute Gasteiger partial charge is 0.259 e. The van der Waals surface area contributed by atoms with Crippen molar-refractivity contribution in [3.63, 3.8) is 0 Å². The van der Waals surface area contributed by atoms with Gasteiger partial charge in [-0.1, -0.05) is 23.7 Å². The number of carbonyl (C=O) groups is 1. The summed E-state index contributed by atoms with van der Waals surface area (Å²) in [6, 6.07) is 10.9. The Bertz CT molecular complexity index is 718. The molecule has 0 N–H and O–H groups in total. The van der Waals surface area contributed by atoms with Crippen molar-refractivity contribution in [1.82, 2.24) is 9.88 Å². The zero-order chi connectivity index (χ0) is 16.4. The Balaban J connectivity index is 1.86. The fourth-order valence-corrected chi connectivity index (χ4v) is 2.69. The van der Waals surface area contributed by atoms with Crippen LogP contribution in [0.1, 0.15) is 22.8 Å². The lowest BCUT2D eigenvalue weighted by molar-refractivity contribution is 0.0706. The van der Waals surface area contributed by atoms with Crippen molar-refractivity contribution in [2.24, 2.45) is 0 Å². The minimum atomic E-state index is -0.163. The van der Waals surface area contributed by atoms with E-state index in [9.17, 15) is 4.79 Å². The van der Waals surface area contributed by atoms with Crippen LogP contribution in [0.3, 0.4) is 0 Å². The first-order valence-electron chi connectivity index (χ1n) is 7.32. The molecule has 0 bridgehead atoms. The van der Waals surface area contributed by atoms with E-state index in [2.05, 4.69) is 4.98 Å². The van der Waals surface area contributed by atoms with Crippen LogP contribution in [0.2, 0.25) is 5.15 Å². The van der Waals surface area contributed by atoms with Crippen molar-refractivity contribution in [1.29, 1.82) is 0 Å². The van der Waals surface area contributed by atoms with Crippen LogP contribution in [0, 0.1) is 0 Å². The Morgan fingerprint density at radius 2 is 2.04 bits per heavy atom. The lowest BCUT2D eigenvalue weighted by atomic mass is 10.1. The van der Waals surface area contributed by atoms with Gasteiger partial charge in [0.05, 0.1) is 13.7 Å². The number of aromatic nitrogens is 1. The summed E-state index contributed by atoms with van der Waals surface area (Å²) < 4.78 is 10.9. The minimum absolute atomic E-state index is 0.107. The van der Waals surface area contributed by atoms with E-state index < -0.39 is 0 Å². The fourth-order valence-electron chi connectivity index (χ4n) is 2.55. The average Bonchev–Trinajstić information content (AvgIpc) is 2.65. The standard InChI is InChI=1S/C17H17ClN2O3/c1-11-9-20(10-12-3-5-13(22-2)6-4-12)17(21)14-7-8-15(18)19-16(14)23-11/h3-8,11H,9-10H2,1-2H3. The number of pyridine rings is 1. The summed E-state index contributed by atoms with van der Waals surface area (Å²) >= 11 is 5.89. The Labute approximate surface area is 139 Å². The van der Waals surface area contributed by atoms with Crippen LogP contribution < -0.4 is 9.47 Å². The van der Waals surface area contributed by atoms with E-state index in [4.69, 9.17) is 21.1 Å². The number of fused-ring (bicyclic) bond motifs is 1. The normalized spacial score (nSPS) is 17.3. The Morgan fingerprint density at radius 1 is 1.30 bits per heavy atom. The first-order valence-corrected chi connectivity index (χ1v) is 7.70. The average molecular weight is 333 g/mol. The molecule has 0 fully saturated rings. The maximum atomic E-state index is 12.8. The van der Waals surface area contributed by atoms with Gasteiger partial charge >= 0.3 is 0 Å². The van der Waals surface area contributed by atoms with Crippen LogP contribution >= 0.6 is 11.6 Å². The summed E-state index contributed by atoms with van der Waals surface area (Å²) in [6.07, 6.45) is -0.163. The van der Waals surface area contributed by atoms with Crippen LogP contribution in [-0.4, -0.2) is 35.5 Å². The van der Waals surface area contributed by atoms with Gasteiger partial charge in [-0.3, -0.25) is 4.79 Å². The van der Waals surface area contributed by atoms with Gasteiger partial charge in [-0.15, -0.1) is 0 Å². The molecular formula is C17H17ClN2O3. The van der Waals surface area contributed by atoms with E-state index in [1.54, 1.807) is 24.1 Å². The predicted molar refractivity (Wildman–Crippen MR) is 87.1 cm³/mol. The van der Waals surface area contributed by atoms with Crippen LogP contribution in [0.15, 0.2) is 36.4 Å². The Hall–Kier alpha value is -2.27. The molecule has 23 heavy (non-hydrogen) atoms. The number of methoxy groups -OCH3 is 1. The molecule has 5 nitrogen and oxygen atoms in total. The maximum Gasteiger partial charge on any atom is 0.259 e. The van der Waals surface area contributed by atoms with Crippen molar-refractivity contribution < 1.29 is 14.3 Å². The number of carbonyl (C=O) groups excluding carboxylic acids is 1. The molecule has 1 atom stereocenters. The maximum absolute atomic E-state index is 12.8. The van der Waals surface area contributed by atoms with Crippen molar-refractivity contribution in [2.45, 2.75) is 19.6 Å². The van der Waals surface area contributed by atoms with Gasteiger partial charge < -0.3 is 14.4 Å². The highest BCUT2D eigenvalue weighted by molar-refractivity contribution is 6.29. The molecular weight excluding hydrogens is 316 g/mol. The first-order chi connectivity index (χ1) is 11.1. The molecule has 1 aromatic heterocycles. The molecule has 1 aliphatic rings. The lowest BCUT2D eigenvalue weighted by Crippen LogP contribution is -2.35. The van der Waals surface area contributed by atoms with E-state index in [1.165, 1.54) is 0 Å². The van der Waals surface area contributed by atoms with Gasteiger partial charge in [0.2, 0.25) is 5.88 Å². The lowest BCUT2D eigenvalue weighted by Gasteiger charge is -2.22. The molecule has 0 saturated heterocycles. The van der Waals surface area contributed by atoms with E-state index in [-0.39, 0.29) is 12.0 Å². The first kappa shape index (κ1) is 15.6. The van der Waals surface area contributed by atoms with Crippen LogP contribution in [-0.2, 0) is 6.54 Å². The van der Waals surface area contributed by atoms with Gasteiger partial charge in [0, 0.05) is 6.54 Å². The molecule has 2 heterocycles. The number of amides is 1. The molecule has 1 aliphatic heterocycles. The van der Waals surface area contributed by atoms with Crippen LogP contribution in [0.4, 0.5) is 0 Å². The third-order valence-corrected chi connectivity index (χ3v) is 3.88. The number of rotatable bonds is 3. The van der Waals surface area contributed by atoms with Gasteiger partial charge in [-0.25, -0.2) is 4.98 Å². The molecule has 1 aromatic carbocycles. The molecule has 0 saturated carbocycles. The molecule has 120 valence electrons. The van der Waals surface area contributed by atoms with E-state index in [0.717, 1.165) is 11.3 Å². The SMILES string of the molecule is COc1ccc(CN2CC(C)Oc3nc(Cl)ccc3C2=O)cc1. The predicted octanol–water partition coefficient (Wildman–Crippen LogP) is 3.17. The summed E-state index contributed by atoms with van der Waals surface area (Å²) in [4.78, 5) is 18.6. The molecule has 6 heteroatoms. The summed E-state index contributed by atoms with van der Waals surface area (Å²) in [5.74, 6) is 0.980. The Morgan fingerprint density at radius 3 is 2.74 bits per heavy atom. The molecule has 1 amide bonds. The van der Waals surface area contributed by atoms with Crippen molar-refractivity contribution >= 4 is 17.5 Å². The molecule has 2 aromatic rings. The third kappa shape index (κ3) is 3.40. The number of halogens is 1. The van der Waals surface area contributed by atoms with Crippen molar-refractivity contribution in [3.8, 4) is 11.6 Å². The minimum Gasteiger partial charge on any atom is -0.497 e. The summed E-state index contributed by atoms with van der Waals surface area (Å²) in [5, 5.41) is 0.312. The summed E-state index contributed by atoms with van der Waals surface area (Å²) in [7, 11) is 1.63. The Kier molecular flexibility index (Phi) is 4.39. The van der Waals surface area contributed by atoms with E-state index in [0.29, 0.717) is 29.7 Å². The van der Waals surface area contributed by atoms with Crippen molar-refractivity contribution in [2.75, 3.05) is 13.7 Å². The third-order valence-electron chi connectivity index (χ3n) is 3.67. The highest BCUT2D eigenvalue weighted by Gasteiger charge is 2.28. The highest BCUT2D eigenvalue weighted by Crippen LogP contribution is 2.26. The van der Waals surface area contributed by atoms with E-state index in [1.807, 2.05) is 31.2 Å². The van der Waals surface area contributed by atoms with Crippen molar-refractivity contribution in [3.05, 3.63) is 52.7 Å². The van der Waals surface area contributed by atoms with Gasteiger partial charge in [0.25, 0.3) is 5.91 Å². The second kappa shape index (κ2) is 6.46. The molecule has 1 unspecified atom stereocenters. The molecule has 0 aliphatic carbocycles. The number of hydrogen-bond donors (Lipinski definition) is 0. The zero-order valence-corrected chi connectivity index (χ0v) is 13.7. The molecule has 3 rings (SSSR count). The van der Waals surface area contributed by atoms with Gasteiger partial charge in [-0.05, 0) is 36.8 Å². The number of hydrogen-bond acceptors (Lipinski definition) is 4. The van der Waals surface area contributed by atoms with Gasteiger partial charge in [-0.2, -0.15) is 0 Å². The molecule has 0 spiro atoms. The quantitative estimate of drug-likeness (QED) is 0.810. The van der Waals surface area contributed by atoms with E-state index >= 15 is 0 Å². The van der Waals surface area contributed by atoms with Crippen LogP contribution in [0.5, 0.6) is 11.6 Å². The number of nitrogens with zero attached hydrogens (tertiary/aromatic N) is 2. The highest BCUT2D eigenvalue weighted by atomic mass is 35.5. The largest absolute Gasteiger partial charge is 0.497 e. The number of benzene rings is 1. The second-order valence-corrected chi connectivity index (χ2v) is 5.84.